The third kappa shape index (κ3) is 5.20. The maximum Gasteiger partial charge on any atom is 0.252 e. The van der Waals surface area contributed by atoms with Gasteiger partial charge in [0.05, 0.1) is 5.69 Å². The number of hydrogen-bond donors (Lipinski definition) is 0. The molecule has 7 aromatic carbocycles. The lowest BCUT2D eigenvalue weighted by molar-refractivity contribution is 0.174. The van der Waals surface area contributed by atoms with Gasteiger partial charge < -0.3 is 28.1 Å². The summed E-state index contributed by atoms with van der Waals surface area (Å²) in [5.74, 6) is 3.15. The van der Waals surface area contributed by atoms with Crippen LogP contribution in [-0.2, 0) is 5.41 Å². The van der Waals surface area contributed by atoms with Crippen LogP contribution in [0.15, 0.2) is 160 Å². The van der Waals surface area contributed by atoms with Crippen LogP contribution in [0, 0.1) is 6.92 Å². The fraction of sp³-hybridized carbons (Fsp3) is 0.115. The van der Waals surface area contributed by atoms with E-state index < -0.39 is 0 Å². The van der Waals surface area contributed by atoms with Gasteiger partial charge in [0.2, 0.25) is 6.79 Å². The normalized spacial score (nSPS) is 13.9. The summed E-state index contributed by atoms with van der Waals surface area (Å²) in [5.41, 5.74) is 16.1. The molecule has 6 nitrogen and oxygen atoms in total. The Morgan fingerprint density at radius 3 is 1.85 bits per heavy atom. The van der Waals surface area contributed by atoms with Crippen molar-refractivity contribution in [1.82, 2.24) is 0 Å². The van der Waals surface area contributed by atoms with Gasteiger partial charge in [0.15, 0.2) is 11.5 Å². The van der Waals surface area contributed by atoms with Gasteiger partial charge in [0.25, 0.3) is 6.71 Å². The standard InChI is InChI=1S/C52H39BN2O4/c1-31-22-42-49-43(23-31)55(37-14-6-5-7-15-37)50-39(19-21-46-51(50)57-30-56-46)53(49)40-29-36(52(2,3)4)18-20-41(40)54(42)38-25-34(47-27-32-12-8-10-16-44(32)58-47)24-35(26-38)48-28-33-13-9-11-17-45(33)59-48/h5-29H,30H2,1-4H3. The number of nitrogens with zero attached hydrogens (tertiary/aromatic N) is 2. The van der Waals surface area contributed by atoms with Crippen molar-refractivity contribution < 1.29 is 18.3 Å². The van der Waals surface area contributed by atoms with E-state index in [1.54, 1.807) is 0 Å². The van der Waals surface area contributed by atoms with Crippen molar-refractivity contribution in [3.8, 4) is 34.1 Å². The second kappa shape index (κ2) is 12.4. The number of hydrogen-bond acceptors (Lipinski definition) is 6. The second-order valence-electron chi connectivity index (χ2n) is 17.0. The van der Waals surface area contributed by atoms with Crippen molar-refractivity contribution in [3.63, 3.8) is 0 Å². The smallest absolute Gasteiger partial charge is 0.252 e. The molecule has 0 spiro atoms. The van der Waals surface area contributed by atoms with Gasteiger partial charge in [-0.25, -0.2) is 0 Å². The van der Waals surface area contributed by atoms with Gasteiger partial charge in [-0.2, -0.15) is 0 Å². The van der Waals surface area contributed by atoms with Crippen LogP contribution in [0.3, 0.4) is 0 Å². The molecule has 0 saturated carbocycles. The average molecular weight is 767 g/mol. The molecule has 9 aromatic rings. The predicted molar refractivity (Wildman–Crippen MR) is 240 cm³/mol. The molecule has 0 amide bonds. The molecular weight excluding hydrogens is 727 g/mol. The number of aryl methyl sites for hydroxylation is 1. The van der Waals surface area contributed by atoms with Crippen molar-refractivity contribution >= 4 is 79.2 Å². The lowest BCUT2D eigenvalue weighted by atomic mass is 9.33. The first-order valence-electron chi connectivity index (χ1n) is 20.3. The highest BCUT2D eigenvalue weighted by atomic mass is 16.7. The topological polar surface area (TPSA) is 51.2 Å². The van der Waals surface area contributed by atoms with Gasteiger partial charge in [0.1, 0.15) is 22.7 Å². The van der Waals surface area contributed by atoms with Crippen LogP contribution in [0.25, 0.3) is 44.6 Å². The first-order valence-corrected chi connectivity index (χ1v) is 20.3. The molecule has 0 bridgehead atoms. The molecule has 0 atom stereocenters. The Balaban J connectivity index is 1.17. The number of ether oxygens (including phenoxy) is 2. The minimum atomic E-state index is -0.0768. The molecule has 5 heterocycles. The molecule has 59 heavy (non-hydrogen) atoms. The third-order valence-electron chi connectivity index (χ3n) is 12.2. The number of para-hydroxylation sites is 3. The van der Waals surface area contributed by atoms with E-state index in [0.717, 1.165) is 95.8 Å². The number of benzene rings is 7. The van der Waals surface area contributed by atoms with E-state index in [0.29, 0.717) is 0 Å². The van der Waals surface area contributed by atoms with Crippen molar-refractivity contribution in [1.29, 1.82) is 0 Å². The summed E-state index contributed by atoms with van der Waals surface area (Å²) in [4.78, 5) is 4.84. The largest absolute Gasteiger partial charge is 0.456 e. The number of anilines is 6. The van der Waals surface area contributed by atoms with Gasteiger partial charge in [-0.3, -0.25) is 0 Å². The molecule has 0 radical (unpaired) electrons. The molecule has 0 fully saturated rings. The summed E-state index contributed by atoms with van der Waals surface area (Å²) in [6.45, 7) is 9.18. The fourth-order valence-corrected chi connectivity index (χ4v) is 9.44. The van der Waals surface area contributed by atoms with E-state index >= 15 is 0 Å². The number of furan rings is 2. The minimum absolute atomic E-state index is 0.0750. The van der Waals surface area contributed by atoms with Gasteiger partial charge in [-0.05, 0) is 119 Å². The lowest BCUT2D eigenvalue weighted by Crippen LogP contribution is -2.61. The van der Waals surface area contributed by atoms with Crippen LogP contribution in [0.5, 0.6) is 11.5 Å². The third-order valence-corrected chi connectivity index (χ3v) is 12.2. The highest BCUT2D eigenvalue weighted by Crippen LogP contribution is 2.51. The summed E-state index contributed by atoms with van der Waals surface area (Å²) in [6.07, 6.45) is 0. The summed E-state index contributed by atoms with van der Waals surface area (Å²) in [7, 11) is 0. The zero-order chi connectivity index (χ0) is 39.6. The molecule has 284 valence electrons. The molecule has 12 rings (SSSR count). The van der Waals surface area contributed by atoms with Crippen LogP contribution < -0.4 is 35.7 Å². The van der Waals surface area contributed by atoms with Crippen LogP contribution in [0.1, 0.15) is 31.9 Å². The molecule has 0 aliphatic carbocycles. The Bertz CT molecular complexity index is 3020. The molecule has 0 saturated heterocycles. The Morgan fingerprint density at radius 2 is 1.19 bits per heavy atom. The summed E-state index contributed by atoms with van der Waals surface area (Å²) < 4.78 is 25.6. The maximum atomic E-state index is 6.58. The molecule has 0 N–H and O–H groups in total. The fourth-order valence-electron chi connectivity index (χ4n) is 9.44. The van der Waals surface area contributed by atoms with Crippen molar-refractivity contribution in [2.45, 2.75) is 33.1 Å². The average Bonchev–Trinajstić information content (AvgIpc) is 4.02. The molecular formula is C52H39BN2O4. The van der Waals surface area contributed by atoms with Crippen molar-refractivity contribution in [2.75, 3.05) is 16.6 Å². The Kier molecular flexibility index (Phi) is 7.16. The van der Waals surface area contributed by atoms with E-state index in [-0.39, 0.29) is 18.9 Å². The number of fused-ring (bicyclic) bond motifs is 8. The molecule has 0 unspecified atom stereocenters. The van der Waals surface area contributed by atoms with Gasteiger partial charge in [-0.1, -0.05) is 93.6 Å². The summed E-state index contributed by atoms with van der Waals surface area (Å²) >= 11 is 0. The lowest BCUT2D eigenvalue weighted by Gasteiger charge is -2.45. The quantitative estimate of drug-likeness (QED) is 0.166. The highest BCUT2D eigenvalue weighted by Gasteiger charge is 2.46. The first-order chi connectivity index (χ1) is 28.8. The van der Waals surface area contributed by atoms with Gasteiger partial charge in [-0.15, -0.1) is 0 Å². The van der Waals surface area contributed by atoms with Gasteiger partial charge in [0, 0.05) is 50.3 Å². The van der Waals surface area contributed by atoms with Crippen LogP contribution in [0.2, 0.25) is 0 Å². The zero-order valence-corrected chi connectivity index (χ0v) is 33.2. The van der Waals surface area contributed by atoms with Gasteiger partial charge >= 0.3 is 0 Å². The first kappa shape index (κ1) is 34.0. The maximum absolute atomic E-state index is 6.58. The van der Waals surface area contributed by atoms with Crippen molar-refractivity contribution in [2.24, 2.45) is 0 Å². The molecule has 3 aliphatic rings. The second-order valence-corrected chi connectivity index (χ2v) is 17.0. The van der Waals surface area contributed by atoms with E-state index in [4.69, 9.17) is 18.3 Å². The molecule has 2 aromatic heterocycles. The van der Waals surface area contributed by atoms with E-state index in [9.17, 15) is 0 Å². The van der Waals surface area contributed by atoms with E-state index in [2.05, 4.69) is 165 Å². The van der Waals surface area contributed by atoms with Crippen LogP contribution in [0.4, 0.5) is 34.1 Å². The summed E-state index contributed by atoms with van der Waals surface area (Å²) in [5, 5.41) is 2.12. The Hall–Kier alpha value is -7.12. The Morgan fingerprint density at radius 1 is 0.542 bits per heavy atom. The van der Waals surface area contributed by atoms with E-state index in [1.807, 2.05) is 24.3 Å². The SMILES string of the molecule is Cc1cc2c3c(c1)N(c1ccccc1)c1c(ccc4c1OCO4)B3c1cc(C(C)(C)C)ccc1N2c1cc(-c2cc3ccccc3o2)cc(-c2cc3ccccc3o2)c1. The Labute approximate surface area is 342 Å². The highest BCUT2D eigenvalue weighted by molar-refractivity contribution is 7.00. The summed E-state index contributed by atoms with van der Waals surface area (Å²) in [6, 6.07) is 54.1. The number of rotatable bonds is 4. The molecule has 7 heteroatoms. The van der Waals surface area contributed by atoms with E-state index in [1.165, 1.54) is 22.0 Å². The van der Waals surface area contributed by atoms with Crippen molar-refractivity contribution in [3.05, 3.63) is 163 Å². The van der Waals surface area contributed by atoms with Crippen LogP contribution >= 0.6 is 0 Å². The molecule has 3 aliphatic heterocycles. The zero-order valence-electron chi connectivity index (χ0n) is 33.2. The minimum Gasteiger partial charge on any atom is -0.456 e. The van der Waals surface area contributed by atoms with Crippen LogP contribution in [-0.4, -0.2) is 13.5 Å². The monoisotopic (exact) mass is 766 g/mol. The predicted octanol–water partition coefficient (Wildman–Crippen LogP) is 11.9.